The van der Waals surface area contributed by atoms with Gasteiger partial charge in [-0.1, -0.05) is 141 Å². The van der Waals surface area contributed by atoms with E-state index in [0.29, 0.717) is 47.7 Å². The van der Waals surface area contributed by atoms with Gasteiger partial charge in [-0.2, -0.15) is 0 Å². The summed E-state index contributed by atoms with van der Waals surface area (Å²) in [5.41, 5.74) is 3.09. The molecule has 342 valence electrons. The van der Waals surface area contributed by atoms with Gasteiger partial charge in [0.25, 0.3) is 22.2 Å². The maximum absolute atomic E-state index is 15.2. The first-order chi connectivity index (χ1) is 32.3. The average Bonchev–Trinajstić information content (AvgIpc) is 3.34. The number of pyridine rings is 4. The zero-order valence-corrected chi connectivity index (χ0v) is 39.6. The van der Waals surface area contributed by atoms with Crippen molar-refractivity contribution in [3.63, 3.8) is 0 Å². The third-order valence-electron chi connectivity index (χ3n) is 14.4. The molecule has 0 saturated carbocycles. The first kappa shape index (κ1) is 45.1. The highest BCUT2D eigenvalue weighted by atomic mass is 16.1. The van der Waals surface area contributed by atoms with Gasteiger partial charge in [-0.05, 0) is 95.8 Å². The Hall–Kier alpha value is -6.02. The summed E-state index contributed by atoms with van der Waals surface area (Å²) in [4.78, 5) is 59.0. The third-order valence-corrected chi connectivity index (χ3v) is 14.4. The number of fused-ring (bicyclic) bond motifs is 12. The Labute approximate surface area is 386 Å². The van der Waals surface area contributed by atoms with Gasteiger partial charge in [0.15, 0.2) is 0 Å². The summed E-state index contributed by atoms with van der Waals surface area (Å²) in [5.74, 6) is 0. The van der Waals surface area contributed by atoms with E-state index < -0.39 is 0 Å². The minimum Gasteiger partial charge on any atom is -0.308 e. The summed E-state index contributed by atoms with van der Waals surface area (Å²) in [5, 5.41) is 9.65. The minimum absolute atomic E-state index is 0.00106. The fourth-order valence-corrected chi connectivity index (χ4v) is 10.8. The molecule has 9 rings (SSSR count). The van der Waals surface area contributed by atoms with E-state index in [1.165, 1.54) is 0 Å². The lowest BCUT2D eigenvalue weighted by molar-refractivity contribution is 0.582. The van der Waals surface area contributed by atoms with Crippen LogP contribution in [0.15, 0.2) is 104 Å². The molecule has 0 unspecified atom stereocenters. The fraction of sp³-hybridized carbons (Fsp3) is 0.414. The lowest BCUT2D eigenvalue weighted by atomic mass is 9.95. The van der Waals surface area contributed by atoms with Crippen molar-refractivity contribution in [1.29, 1.82) is 0 Å². The number of nitrogens with zero attached hydrogens (tertiary/aromatic N) is 4. The van der Waals surface area contributed by atoms with Crippen LogP contribution in [0.4, 0.5) is 0 Å². The van der Waals surface area contributed by atoms with Gasteiger partial charge in [0.1, 0.15) is 0 Å². The highest BCUT2D eigenvalue weighted by Gasteiger charge is 2.21. The van der Waals surface area contributed by atoms with Crippen molar-refractivity contribution in [1.82, 2.24) is 18.3 Å². The standard InChI is InChI=1S/C58H66N4O4/c1-5-9-13-21-29-59-51-37-53-47(34-45(51)39-25-17-19-27-41(39)55(59)63)43-33-44-48-35-46-40-26-18-20-28-42(40)56(64)60(30-22-14-10-6-2)52(46)38-54(48)62(32-24-16-12-8-4)58(66)50(44)36-49(43)57(65)61(53)31-23-15-11-7-3/h17-20,25-28,33-38H,5-16,21-24,29-32H2,1-4H3. The molecule has 0 fully saturated rings. The quantitative estimate of drug-likeness (QED) is 0.0433. The number of aryl methyl sites for hydroxylation is 4. The van der Waals surface area contributed by atoms with Crippen LogP contribution >= 0.6 is 0 Å². The summed E-state index contributed by atoms with van der Waals surface area (Å²) >= 11 is 0. The van der Waals surface area contributed by atoms with Gasteiger partial charge < -0.3 is 18.3 Å². The van der Waals surface area contributed by atoms with Crippen LogP contribution in [0.5, 0.6) is 0 Å². The average molecular weight is 883 g/mol. The van der Waals surface area contributed by atoms with Crippen LogP contribution in [0.2, 0.25) is 0 Å². The molecule has 0 saturated heterocycles. The van der Waals surface area contributed by atoms with Gasteiger partial charge in [0, 0.05) is 69.3 Å². The summed E-state index contributed by atoms with van der Waals surface area (Å²) in [6, 6.07) is 28.4. The molecule has 0 aliphatic rings. The summed E-state index contributed by atoms with van der Waals surface area (Å²) < 4.78 is 7.73. The summed E-state index contributed by atoms with van der Waals surface area (Å²) in [6.07, 6.45) is 16.4. The SMILES string of the molecule is CCCCCCn1c(=O)c2ccccc2c2cc3c4cc5c(cc4c(=O)n(CCCCCC)c3cc21)c(=O)n(CCCCCC)c1cc2c(cc51)c1ccccc1c(=O)n2CCCCCC. The number of benzene rings is 5. The van der Waals surface area contributed by atoms with E-state index in [-0.39, 0.29) is 22.2 Å². The van der Waals surface area contributed by atoms with E-state index in [4.69, 9.17) is 0 Å². The Morgan fingerprint density at radius 3 is 0.848 bits per heavy atom. The van der Waals surface area contributed by atoms with Gasteiger partial charge in [-0.25, -0.2) is 0 Å². The molecular weight excluding hydrogens is 817 g/mol. The van der Waals surface area contributed by atoms with Crippen LogP contribution in [0.1, 0.15) is 130 Å². The molecule has 5 aromatic carbocycles. The molecule has 4 aromatic heterocycles. The van der Waals surface area contributed by atoms with E-state index >= 15 is 9.59 Å². The molecule has 0 bridgehead atoms. The van der Waals surface area contributed by atoms with Gasteiger partial charge in [-0.3, -0.25) is 19.2 Å². The molecular formula is C58H66N4O4. The highest BCUT2D eigenvalue weighted by Crippen LogP contribution is 2.37. The molecule has 0 amide bonds. The molecule has 66 heavy (non-hydrogen) atoms. The molecule has 0 radical (unpaired) electrons. The van der Waals surface area contributed by atoms with Gasteiger partial charge in [0.05, 0.1) is 22.1 Å². The maximum atomic E-state index is 15.2. The van der Waals surface area contributed by atoms with Crippen molar-refractivity contribution in [3.05, 3.63) is 126 Å². The summed E-state index contributed by atoms with van der Waals surface area (Å²) in [7, 11) is 0. The van der Waals surface area contributed by atoms with Crippen molar-refractivity contribution in [3.8, 4) is 0 Å². The second-order valence-electron chi connectivity index (χ2n) is 18.9. The summed E-state index contributed by atoms with van der Waals surface area (Å²) in [6.45, 7) is 11.1. The Bertz CT molecular complexity index is 3310. The molecule has 0 atom stereocenters. The predicted molar refractivity (Wildman–Crippen MR) is 280 cm³/mol. The molecule has 0 aliphatic heterocycles. The van der Waals surface area contributed by atoms with E-state index in [1.54, 1.807) is 0 Å². The van der Waals surface area contributed by atoms with Crippen molar-refractivity contribution in [2.24, 2.45) is 0 Å². The van der Waals surface area contributed by atoms with Crippen molar-refractivity contribution >= 4 is 86.7 Å². The first-order valence-electron chi connectivity index (χ1n) is 25.3. The van der Waals surface area contributed by atoms with E-state index in [1.807, 2.05) is 72.9 Å². The lowest BCUT2D eigenvalue weighted by Crippen LogP contribution is -2.25. The zero-order valence-electron chi connectivity index (χ0n) is 39.6. The topological polar surface area (TPSA) is 88.0 Å². The van der Waals surface area contributed by atoms with Crippen molar-refractivity contribution < 1.29 is 0 Å². The molecule has 8 heteroatoms. The second-order valence-corrected chi connectivity index (χ2v) is 18.9. The fourth-order valence-electron chi connectivity index (χ4n) is 10.8. The van der Waals surface area contributed by atoms with E-state index in [9.17, 15) is 9.59 Å². The van der Waals surface area contributed by atoms with Crippen LogP contribution in [-0.4, -0.2) is 18.3 Å². The van der Waals surface area contributed by atoms with Gasteiger partial charge in [-0.15, -0.1) is 0 Å². The van der Waals surface area contributed by atoms with Crippen molar-refractivity contribution in [2.75, 3.05) is 0 Å². The second kappa shape index (κ2) is 19.8. The molecule has 0 N–H and O–H groups in total. The Kier molecular flexibility index (Phi) is 13.6. The maximum Gasteiger partial charge on any atom is 0.258 e. The number of aromatic nitrogens is 4. The van der Waals surface area contributed by atoms with Gasteiger partial charge in [0.2, 0.25) is 0 Å². The van der Waals surface area contributed by atoms with E-state index in [0.717, 1.165) is 168 Å². The van der Waals surface area contributed by atoms with E-state index in [2.05, 4.69) is 58.0 Å². The first-order valence-corrected chi connectivity index (χ1v) is 25.3. The number of hydrogen-bond acceptors (Lipinski definition) is 4. The van der Waals surface area contributed by atoms with Crippen LogP contribution in [-0.2, 0) is 26.2 Å². The number of hydrogen-bond donors (Lipinski definition) is 0. The van der Waals surface area contributed by atoms with Crippen LogP contribution in [0.3, 0.4) is 0 Å². The zero-order chi connectivity index (χ0) is 45.9. The van der Waals surface area contributed by atoms with Crippen molar-refractivity contribution in [2.45, 2.75) is 157 Å². The Morgan fingerprint density at radius 1 is 0.273 bits per heavy atom. The lowest BCUT2D eigenvalue weighted by Gasteiger charge is -2.20. The van der Waals surface area contributed by atoms with Gasteiger partial charge >= 0.3 is 0 Å². The molecule has 8 nitrogen and oxygen atoms in total. The normalized spacial score (nSPS) is 12.2. The van der Waals surface area contributed by atoms with Crippen LogP contribution in [0.25, 0.3) is 86.7 Å². The number of rotatable bonds is 20. The van der Waals surface area contributed by atoms with Crippen LogP contribution in [0, 0.1) is 0 Å². The largest absolute Gasteiger partial charge is 0.308 e. The smallest absolute Gasteiger partial charge is 0.258 e. The Morgan fingerprint density at radius 2 is 0.530 bits per heavy atom. The monoisotopic (exact) mass is 883 g/mol. The molecule has 9 aromatic rings. The third kappa shape index (κ3) is 8.15. The Balaban J connectivity index is 1.40. The molecule has 0 aliphatic carbocycles. The minimum atomic E-state index is -0.113. The van der Waals surface area contributed by atoms with Crippen LogP contribution < -0.4 is 22.2 Å². The predicted octanol–water partition coefficient (Wildman–Crippen LogP) is 13.9. The number of unbranched alkanes of at least 4 members (excludes halogenated alkanes) is 12. The molecule has 4 heterocycles. The molecule has 0 spiro atoms. The highest BCUT2D eigenvalue weighted by molar-refractivity contribution is 6.21.